The number of aliphatic hydroxyl groups is 1. The van der Waals surface area contributed by atoms with Crippen molar-refractivity contribution in [3.05, 3.63) is 64.8 Å². The summed E-state index contributed by atoms with van der Waals surface area (Å²) in [6.07, 6.45) is 8.86. The van der Waals surface area contributed by atoms with Crippen LogP contribution in [0.4, 0.5) is 0 Å². The third kappa shape index (κ3) is 7.65. The van der Waals surface area contributed by atoms with E-state index < -0.39 is 0 Å². The van der Waals surface area contributed by atoms with Gasteiger partial charge in [0.05, 0.1) is 0 Å². The van der Waals surface area contributed by atoms with E-state index in [9.17, 15) is 0 Å². The van der Waals surface area contributed by atoms with Crippen LogP contribution in [-0.4, -0.2) is 34.3 Å². The standard InChI is InChI=1S/C9H13NOSe.C5H5.Fe/c11-7-3-6-10-9(12)8-4-1-2-5-8;1-2-4-5-3-1;/h1-2,4-5,10-12H,3,6-7H2;1-5H;/q;-1;+2/p-1. The number of hydrogen-bond acceptors (Lipinski definition) is 2. The van der Waals surface area contributed by atoms with Gasteiger partial charge in [-0.2, -0.15) is 18.2 Å². The molecule has 0 unspecified atom stereocenters. The Morgan fingerprint density at radius 1 is 1.22 bits per heavy atom. The first-order valence-corrected chi connectivity index (χ1v) is 6.47. The first kappa shape index (κ1) is 17.4. The van der Waals surface area contributed by atoms with E-state index in [1.807, 2.05) is 54.6 Å². The quantitative estimate of drug-likeness (QED) is 0.494. The van der Waals surface area contributed by atoms with Crippen LogP contribution in [0.15, 0.2) is 64.8 Å². The molecule has 1 aliphatic carbocycles. The van der Waals surface area contributed by atoms with E-state index in [4.69, 9.17) is 5.11 Å². The second kappa shape index (κ2) is 11.5. The van der Waals surface area contributed by atoms with Gasteiger partial charge in [0.2, 0.25) is 0 Å². The van der Waals surface area contributed by atoms with E-state index in [1.54, 1.807) is 0 Å². The molecular formula is C14H17FeNOSe. The van der Waals surface area contributed by atoms with Gasteiger partial charge in [-0.1, -0.05) is 0 Å². The molecule has 1 aromatic carbocycles. The smallest absolute Gasteiger partial charge is 0.214 e. The van der Waals surface area contributed by atoms with E-state index in [-0.39, 0.29) is 23.7 Å². The van der Waals surface area contributed by atoms with Gasteiger partial charge < -0.3 is 0 Å². The third-order valence-corrected chi connectivity index (χ3v) is 2.90. The van der Waals surface area contributed by atoms with Gasteiger partial charge in [-0.3, -0.25) is 0 Å². The Kier molecular flexibility index (Phi) is 11.1. The minimum atomic E-state index is 0. The molecule has 98 valence electrons. The Labute approximate surface area is 128 Å². The van der Waals surface area contributed by atoms with Crippen molar-refractivity contribution in [2.75, 3.05) is 13.2 Å². The third-order valence-electron chi connectivity index (χ3n) is 2.10. The van der Waals surface area contributed by atoms with E-state index in [2.05, 4.69) is 21.3 Å². The number of aliphatic hydroxyl groups excluding tert-OH is 1. The van der Waals surface area contributed by atoms with Crippen LogP contribution in [0.1, 0.15) is 6.42 Å². The first-order valence-electron chi connectivity index (χ1n) is 5.62. The predicted octanol–water partition coefficient (Wildman–Crippen LogP) is 1.87. The van der Waals surface area contributed by atoms with Gasteiger partial charge in [0.1, 0.15) is 0 Å². The van der Waals surface area contributed by atoms with Gasteiger partial charge in [-0.25, -0.2) is 12.1 Å². The summed E-state index contributed by atoms with van der Waals surface area (Å²) in [5.74, 6) is 0. The number of hydrogen-bond donors (Lipinski definition) is 2. The first-order chi connectivity index (χ1) is 8.34. The number of nitrogens with one attached hydrogen (secondary N) is 1. The summed E-state index contributed by atoms with van der Waals surface area (Å²) in [5, 5.41) is 11.7. The Bertz CT molecular complexity index is 351. The van der Waals surface area contributed by atoms with Crippen LogP contribution < -0.4 is 5.32 Å². The average molecular weight is 350 g/mol. The van der Waals surface area contributed by atoms with Crippen molar-refractivity contribution >= 4 is 16.0 Å². The minimum Gasteiger partial charge on any atom is -0.214 e. The molecule has 0 fully saturated rings. The van der Waals surface area contributed by atoms with Crippen LogP contribution in [-0.2, 0) is 17.1 Å². The monoisotopic (exact) mass is 351 g/mol. The van der Waals surface area contributed by atoms with Crippen molar-refractivity contribution in [2.24, 2.45) is 0 Å². The van der Waals surface area contributed by atoms with E-state index in [0.29, 0.717) is 0 Å². The average Bonchev–Trinajstić information content (AvgIpc) is 3.05. The van der Waals surface area contributed by atoms with Crippen molar-refractivity contribution in [1.29, 1.82) is 0 Å². The molecule has 0 aromatic heterocycles. The molecule has 0 atom stereocenters. The van der Waals surface area contributed by atoms with Gasteiger partial charge in [-0.05, 0) is 0 Å². The molecule has 0 saturated heterocycles. The Hall–Kier alpha value is -0.631. The summed E-state index contributed by atoms with van der Waals surface area (Å²) in [6.45, 7) is 1.05. The molecule has 0 bridgehead atoms. The Morgan fingerprint density at radius 2 is 1.83 bits per heavy atom. The zero-order valence-electron chi connectivity index (χ0n) is 10.0. The molecule has 2 nitrogen and oxygen atoms in total. The zero-order chi connectivity index (χ0) is 12.3. The molecule has 0 amide bonds. The molecule has 4 heteroatoms. The van der Waals surface area contributed by atoms with Crippen LogP contribution in [0.3, 0.4) is 0 Å². The maximum absolute atomic E-state index is 8.55. The summed E-state index contributed by atoms with van der Waals surface area (Å²) in [5.41, 5.74) is 1.17. The fraction of sp³-hybridized carbons (Fsp3) is 0.214. The molecule has 0 saturated carbocycles. The van der Waals surface area contributed by atoms with E-state index >= 15 is 0 Å². The van der Waals surface area contributed by atoms with E-state index in [0.717, 1.165) is 17.6 Å². The summed E-state index contributed by atoms with van der Waals surface area (Å²) in [4.78, 5) is 0. The van der Waals surface area contributed by atoms with Gasteiger partial charge in [0, 0.05) is 0 Å². The van der Waals surface area contributed by atoms with Gasteiger partial charge in [0.25, 0.3) is 0 Å². The van der Waals surface area contributed by atoms with Crippen LogP contribution in [0.2, 0.25) is 0 Å². The molecule has 2 N–H and O–H groups in total. The molecule has 0 radical (unpaired) electrons. The SMILES string of the molecule is OCCCNC([Se-])=C1C=CC=C1.[Fe+2].c1cc[cH-]c1. The van der Waals surface area contributed by atoms with Crippen molar-refractivity contribution in [3.8, 4) is 0 Å². The van der Waals surface area contributed by atoms with Gasteiger partial charge in [0.15, 0.2) is 0 Å². The van der Waals surface area contributed by atoms with Crippen LogP contribution in [0, 0.1) is 0 Å². The van der Waals surface area contributed by atoms with Crippen molar-refractivity contribution in [3.63, 3.8) is 0 Å². The normalized spacial score (nSPS) is 11.5. The van der Waals surface area contributed by atoms with E-state index in [1.165, 1.54) is 5.57 Å². The molecule has 0 heterocycles. The molecule has 1 aliphatic rings. The molecule has 1 aromatic rings. The summed E-state index contributed by atoms with van der Waals surface area (Å²) >= 11 is 2.96. The molecule has 18 heavy (non-hydrogen) atoms. The van der Waals surface area contributed by atoms with Crippen LogP contribution >= 0.6 is 0 Å². The Balaban J connectivity index is 0.000000405. The number of allylic oxidation sites excluding steroid dienone is 5. The fourth-order valence-corrected chi connectivity index (χ4v) is 1.73. The molecule has 2 rings (SSSR count). The fourth-order valence-electron chi connectivity index (χ4n) is 1.23. The predicted molar refractivity (Wildman–Crippen MR) is 72.8 cm³/mol. The zero-order valence-corrected chi connectivity index (χ0v) is 12.8. The van der Waals surface area contributed by atoms with Crippen molar-refractivity contribution in [1.82, 2.24) is 5.32 Å². The molecule has 0 aliphatic heterocycles. The maximum atomic E-state index is 8.55. The van der Waals surface area contributed by atoms with Crippen LogP contribution in [0.5, 0.6) is 0 Å². The summed E-state index contributed by atoms with van der Waals surface area (Å²) < 4.78 is 1.05. The summed E-state index contributed by atoms with van der Waals surface area (Å²) in [6, 6.07) is 10.0. The molecule has 0 spiro atoms. The van der Waals surface area contributed by atoms with Crippen molar-refractivity contribution < 1.29 is 22.2 Å². The summed E-state index contributed by atoms with van der Waals surface area (Å²) in [7, 11) is 0. The number of rotatable bonds is 4. The minimum absolute atomic E-state index is 0. The molecular weight excluding hydrogens is 333 g/mol. The second-order valence-electron chi connectivity index (χ2n) is 3.47. The van der Waals surface area contributed by atoms with Gasteiger partial charge in [-0.15, -0.1) is 0 Å². The van der Waals surface area contributed by atoms with Gasteiger partial charge >= 0.3 is 97.5 Å². The maximum Gasteiger partial charge on any atom is 2.00 e. The van der Waals surface area contributed by atoms with Crippen LogP contribution in [0.25, 0.3) is 0 Å². The van der Waals surface area contributed by atoms with Crippen molar-refractivity contribution in [2.45, 2.75) is 6.42 Å². The topological polar surface area (TPSA) is 32.3 Å². The Morgan fingerprint density at radius 3 is 2.28 bits per heavy atom. The second-order valence-corrected chi connectivity index (χ2v) is 4.33. The largest absolute Gasteiger partial charge is 2.00 e.